The van der Waals surface area contributed by atoms with Crippen LogP contribution in [0.5, 0.6) is 0 Å². The van der Waals surface area contributed by atoms with E-state index in [0.717, 1.165) is 18.5 Å². The van der Waals surface area contributed by atoms with E-state index in [1.165, 1.54) is 11.3 Å². The average molecular weight is 210 g/mol. The van der Waals surface area contributed by atoms with E-state index in [9.17, 15) is 0 Å². The van der Waals surface area contributed by atoms with Gasteiger partial charge in [-0.05, 0) is 53.0 Å². The smallest absolute Gasteiger partial charge is 0.0628 e. The maximum absolute atomic E-state index is 8.85. The van der Waals surface area contributed by atoms with Crippen molar-refractivity contribution < 1.29 is 5.11 Å². The largest absolute Gasteiger partial charge is 0.396 e. The summed E-state index contributed by atoms with van der Waals surface area (Å²) in [6.45, 7) is 10.9. The summed E-state index contributed by atoms with van der Waals surface area (Å²) in [7, 11) is 0. The van der Waals surface area contributed by atoms with Crippen LogP contribution in [0.25, 0.3) is 0 Å². The molecule has 1 aromatic rings. The monoisotopic (exact) mass is 210 g/mol. The quantitative estimate of drug-likeness (QED) is 0.830. The van der Waals surface area contributed by atoms with E-state index in [2.05, 4.69) is 37.5 Å². The third-order valence-corrected chi connectivity index (χ3v) is 2.66. The summed E-state index contributed by atoms with van der Waals surface area (Å²) in [5.74, 6) is 0. The van der Waals surface area contributed by atoms with Crippen molar-refractivity contribution in [2.45, 2.75) is 53.0 Å². The van der Waals surface area contributed by atoms with Crippen LogP contribution in [0, 0.1) is 13.8 Å². The Kier molecular flexibility index (Phi) is 3.55. The van der Waals surface area contributed by atoms with Crippen molar-refractivity contribution in [1.29, 1.82) is 0 Å². The summed E-state index contributed by atoms with van der Waals surface area (Å²) in [6, 6.07) is 0. The predicted octanol–water partition coefficient (Wildman–Crippen LogP) is 2.18. The van der Waals surface area contributed by atoms with Crippen LogP contribution in [-0.4, -0.2) is 21.5 Å². The number of aliphatic hydroxyl groups excluding tert-OH is 1. The molecule has 0 radical (unpaired) electrons. The maximum Gasteiger partial charge on any atom is 0.0628 e. The highest BCUT2D eigenvalue weighted by Gasteiger charge is 2.20. The Bertz CT molecular complexity index is 334. The molecule has 0 bridgehead atoms. The normalized spacial score (nSPS) is 12.1. The summed E-state index contributed by atoms with van der Waals surface area (Å²) in [4.78, 5) is 0. The van der Waals surface area contributed by atoms with Gasteiger partial charge in [0.2, 0.25) is 0 Å². The predicted molar refractivity (Wildman–Crippen MR) is 62.1 cm³/mol. The molecule has 0 aromatic carbocycles. The summed E-state index contributed by atoms with van der Waals surface area (Å²) in [5.41, 5.74) is 3.65. The minimum atomic E-state index is 0.0340. The molecule has 0 aliphatic carbocycles. The molecule has 1 heterocycles. The van der Waals surface area contributed by atoms with Gasteiger partial charge in [0.1, 0.15) is 0 Å². The summed E-state index contributed by atoms with van der Waals surface area (Å²) < 4.78 is 2.08. The van der Waals surface area contributed by atoms with Gasteiger partial charge in [0, 0.05) is 12.3 Å². The molecule has 0 unspecified atom stereocenters. The molecule has 1 aromatic heterocycles. The molecular weight excluding hydrogens is 188 g/mol. The molecule has 0 aliphatic heterocycles. The first kappa shape index (κ1) is 12.2. The Morgan fingerprint density at radius 1 is 1.27 bits per heavy atom. The van der Waals surface area contributed by atoms with Crippen LogP contribution in [-0.2, 0) is 12.0 Å². The van der Waals surface area contributed by atoms with Gasteiger partial charge >= 0.3 is 0 Å². The highest BCUT2D eigenvalue weighted by Crippen LogP contribution is 2.22. The van der Waals surface area contributed by atoms with Gasteiger partial charge in [0.15, 0.2) is 0 Å². The molecule has 0 atom stereocenters. The van der Waals surface area contributed by atoms with Gasteiger partial charge in [-0.2, -0.15) is 5.10 Å². The molecular formula is C12H22N2O. The zero-order chi connectivity index (χ0) is 11.6. The second-order valence-electron chi connectivity index (χ2n) is 5.06. The lowest BCUT2D eigenvalue weighted by atomic mass is 10.1. The van der Waals surface area contributed by atoms with Gasteiger partial charge in [0.25, 0.3) is 0 Å². The van der Waals surface area contributed by atoms with Crippen molar-refractivity contribution in [1.82, 2.24) is 9.78 Å². The molecule has 1 rings (SSSR count). The first-order valence-corrected chi connectivity index (χ1v) is 5.54. The first-order chi connectivity index (χ1) is 6.88. The molecule has 1 N–H and O–H groups in total. The van der Waals surface area contributed by atoms with E-state index < -0.39 is 0 Å². The molecule has 0 aliphatic rings. The van der Waals surface area contributed by atoms with E-state index in [4.69, 9.17) is 5.11 Å². The maximum atomic E-state index is 8.85. The van der Waals surface area contributed by atoms with Gasteiger partial charge in [-0.15, -0.1) is 0 Å². The molecule has 0 spiro atoms. The van der Waals surface area contributed by atoms with Crippen molar-refractivity contribution >= 4 is 0 Å². The summed E-state index contributed by atoms with van der Waals surface area (Å²) in [5, 5.41) is 13.4. The number of rotatable bonds is 3. The standard InChI is InChI=1S/C12H22N2O/c1-9-11(7-6-8-15)10(2)14(13-9)12(3,4)5/h15H,6-8H2,1-5H3. The molecule has 0 fully saturated rings. The molecule has 3 heteroatoms. The third-order valence-electron chi connectivity index (χ3n) is 2.66. The second kappa shape index (κ2) is 4.35. The van der Waals surface area contributed by atoms with Crippen molar-refractivity contribution in [3.63, 3.8) is 0 Å². The Balaban J connectivity index is 3.04. The Labute approximate surface area is 92.1 Å². The average Bonchev–Trinajstić information content (AvgIpc) is 2.39. The fourth-order valence-electron chi connectivity index (χ4n) is 1.95. The second-order valence-corrected chi connectivity index (χ2v) is 5.06. The Hall–Kier alpha value is -0.830. The Morgan fingerprint density at radius 2 is 1.87 bits per heavy atom. The van der Waals surface area contributed by atoms with E-state index >= 15 is 0 Å². The van der Waals surface area contributed by atoms with Crippen molar-refractivity contribution in [3.05, 3.63) is 17.0 Å². The van der Waals surface area contributed by atoms with Gasteiger partial charge in [-0.25, -0.2) is 0 Å². The zero-order valence-electron chi connectivity index (χ0n) is 10.5. The zero-order valence-corrected chi connectivity index (χ0v) is 10.5. The molecule has 0 saturated carbocycles. The first-order valence-electron chi connectivity index (χ1n) is 5.54. The summed E-state index contributed by atoms with van der Waals surface area (Å²) in [6.07, 6.45) is 1.74. The lowest BCUT2D eigenvalue weighted by Crippen LogP contribution is -2.24. The number of nitrogens with zero attached hydrogens (tertiary/aromatic N) is 2. The van der Waals surface area contributed by atoms with Crippen LogP contribution in [0.2, 0.25) is 0 Å². The van der Waals surface area contributed by atoms with E-state index in [1.54, 1.807) is 0 Å². The number of aromatic nitrogens is 2. The molecule has 15 heavy (non-hydrogen) atoms. The van der Waals surface area contributed by atoms with E-state index in [0.29, 0.717) is 0 Å². The highest BCUT2D eigenvalue weighted by atomic mass is 16.2. The Morgan fingerprint density at radius 3 is 2.27 bits per heavy atom. The minimum Gasteiger partial charge on any atom is -0.396 e. The van der Waals surface area contributed by atoms with Gasteiger partial charge in [-0.1, -0.05) is 0 Å². The van der Waals surface area contributed by atoms with Crippen LogP contribution < -0.4 is 0 Å². The number of aliphatic hydroxyl groups is 1. The minimum absolute atomic E-state index is 0.0340. The topological polar surface area (TPSA) is 38.0 Å². The van der Waals surface area contributed by atoms with Crippen LogP contribution >= 0.6 is 0 Å². The van der Waals surface area contributed by atoms with Crippen molar-refractivity contribution in [3.8, 4) is 0 Å². The lowest BCUT2D eigenvalue weighted by molar-refractivity contribution is 0.288. The van der Waals surface area contributed by atoms with Crippen LogP contribution in [0.1, 0.15) is 44.1 Å². The lowest BCUT2D eigenvalue weighted by Gasteiger charge is -2.21. The van der Waals surface area contributed by atoms with E-state index in [1.807, 2.05) is 6.92 Å². The van der Waals surface area contributed by atoms with Crippen LogP contribution in [0.3, 0.4) is 0 Å². The van der Waals surface area contributed by atoms with Gasteiger partial charge < -0.3 is 5.11 Å². The third kappa shape index (κ3) is 2.59. The summed E-state index contributed by atoms with van der Waals surface area (Å²) >= 11 is 0. The van der Waals surface area contributed by atoms with Crippen molar-refractivity contribution in [2.24, 2.45) is 0 Å². The molecule has 3 nitrogen and oxygen atoms in total. The molecule has 0 saturated heterocycles. The van der Waals surface area contributed by atoms with Gasteiger partial charge in [-0.3, -0.25) is 4.68 Å². The van der Waals surface area contributed by atoms with E-state index in [-0.39, 0.29) is 12.1 Å². The highest BCUT2D eigenvalue weighted by molar-refractivity contribution is 5.25. The molecule has 86 valence electrons. The van der Waals surface area contributed by atoms with Gasteiger partial charge in [0.05, 0.1) is 11.2 Å². The number of hydrogen-bond acceptors (Lipinski definition) is 2. The van der Waals surface area contributed by atoms with Crippen LogP contribution in [0.15, 0.2) is 0 Å². The van der Waals surface area contributed by atoms with Crippen molar-refractivity contribution in [2.75, 3.05) is 6.61 Å². The number of aryl methyl sites for hydroxylation is 1. The number of hydrogen-bond donors (Lipinski definition) is 1. The SMILES string of the molecule is Cc1nn(C(C)(C)C)c(C)c1CCCO. The molecule has 0 amide bonds. The fraction of sp³-hybridized carbons (Fsp3) is 0.750. The fourth-order valence-corrected chi connectivity index (χ4v) is 1.95. The van der Waals surface area contributed by atoms with Crippen LogP contribution in [0.4, 0.5) is 0 Å².